The molecule has 0 saturated carbocycles. The van der Waals surface area contributed by atoms with E-state index in [1.54, 1.807) is 0 Å². The van der Waals surface area contributed by atoms with Crippen LogP contribution in [0.1, 0.15) is 16.1 Å². The Balaban J connectivity index is 2.17. The zero-order valence-corrected chi connectivity index (χ0v) is 9.78. The zero-order chi connectivity index (χ0) is 13.1. The number of benzene rings is 1. The molecule has 0 amide bonds. The average Bonchev–Trinajstić information content (AvgIpc) is 2.76. The number of rotatable bonds is 4. The minimum absolute atomic E-state index is 0.0255. The van der Waals surface area contributed by atoms with Crippen LogP contribution in [0.3, 0.4) is 0 Å². The third-order valence-corrected chi connectivity index (χ3v) is 2.54. The molecule has 2 rings (SSSR count). The summed E-state index contributed by atoms with van der Waals surface area (Å²) in [6, 6.07) is 5.41. The molecule has 6 heteroatoms. The molecule has 0 aliphatic carbocycles. The molecule has 2 aromatic rings. The predicted molar refractivity (Wildman–Crippen MR) is 61.4 cm³/mol. The Morgan fingerprint density at radius 2 is 2.22 bits per heavy atom. The van der Waals surface area contributed by atoms with Crippen LogP contribution in [0.4, 0.5) is 4.39 Å². The second-order valence-corrected chi connectivity index (χ2v) is 3.81. The van der Waals surface area contributed by atoms with Crippen molar-refractivity contribution in [1.29, 1.82) is 0 Å². The van der Waals surface area contributed by atoms with E-state index >= 15 is 0 Å². The van der Waals surface area contributed by atoms with Gasteiger partial charge in [0.25, 0.3) is 0 Å². The third kappa shape index (κ3) is 2.46. The molecule has 0 fully saturated rings. The number of carboxylic acid groups (broad SMARTS) is 1. The molecule has 94 valence electrons. The van der Waals surface area contributed by atoms with Crippen molar-refractivity contribution in [3.63, 3.8) is 0 Å². The minimum Gasteiger partial charge on any atom is -0.481 e. The lowest BCUT2D eigenvalue weighted by atomic mass is 10.2. The van der Waals surface area contributed by atoms with Crippen molar-refractivity contribution < 1.29 is 23.4 Å². The van der Waals surface area contributed by atoms with Gasteiger partial charge in [0, 0.05) is 0 Å². The Morgan fingerprint density at radius 3 is 2.89 bits per heavy atom. The number of carbonyl (C=O) groups is 1. The van der Waals surface area contributed by atoms with Crippen molar-refractivity contribution >= 4 is 17.6 Å². The topological polar surface area (TPSA) is 59.7 Å². The van der Waals surface area contributed by atoms with Crippen LogP contribution in [-0.4, -0.2) is 11.1 Å². The Bertz CT molecular complexity index is 559. The van der Waals surface area contributed by atoms with E-state index in [-0.39, 0.29) is 28.7 Å². The van der Waals surface area contributed by atoms with Crippen LogP contribution in [0, 0.1) is 5.82 Å². The number of ether oxygens (including phenoxy) is 1. The van der Waals surface area contributed by atoms with Gasteiger partial charge in [-0.2, -0.15) is 0 Å². The summed E-state index contributed by atoms with van der Waals surface area (Å²) in [5.74, 6) is -1.79. The molecule has 0 saturated heterocycles. The van der Waals surface area contributed by atoms with Crippen molar-refractivity contribution in [2.24, 2.45) is 0 Å². The van der Waals surface area contributed by atoms with Crippen LogP contribution in [-0.2, 0) is 6.61 Å². The molecular weight excluding hydrogens is 263 g/mol. The molecule has 0 bridgehead atoms. The number of furan rings is 1. The molecule has 0 aliphatic rings. The molecular formula is C12H8ClFO4. The van der Waals surface area contributed by atoms with Crippen molar-refractivity contribution in [2.45, 2.75) is 6.61 Å². The van der Waals surface area contributed by atoms with Gasteiger partial charge in [-0.1, -0.05) is 17.7 Å². The van der Waals surface area contributed by atoms with Gasteiger partial charge < -0.3 is 14.3 Å². The standard InChI is InChI=1S/C12H8ClFO4/c13-8-2-1-3-9(14)11(8)18-6-10-7(12(15)16)4-5-17-10/h1-5H,6H2,(H,15,16). The zero-order valence-electron chi connectivity index (χ0n) is 9.02. The second kappa shape index (κ2) is 5.10. The van der Waals surface area contributed by atoms with E-state index in [0.717, 1.165) is 0 Å². The lowest BCUT2D eigenvalue weighted by Gasteiger charge is -2.07. The number of carboxylic acids is 1. The summed E-state index contributed by atoms with van der Waals surface area (Å²) in [7, 11) is 0. The summed E-state index contributed by atoms with van der Waals surface area (Å²) in [5.41, 5.74) is -0.0255. The van der Waals surface area contributed by atoms with Crippen LogP contribution in [0.15, 0.2) is 34.9 Å². The number of para-hydroxylation sites is 1. The van der Waals surface area contributed by atoms with Gasteiger partial charge in [0.1, 0.15) is 12.2 Å². The van der Waals surface area contributed by atoms with Gasteiger partial charge in [0.2, 0.25) is 0 Å². The van der Waals surface area contributed by atoms with Gasteiger partial charge >= 0.3 is 5.97 Å². The predicted octanol–water partition coefficient (Wildman–Crippen LogP) is 3.35. The molecule has 18 heavy (non-hydrogen) atoms. The molecule has 1 N–H and O–H groups in total. The fourth-order valence-electron chi connectivity index (χ4n) is 1.40. The lowest BCUT2D eigenvalue weighted by molar-refractivity contribution is 0.0692. The molecule has 1 aromatic heterocycles. The highest BCUT2D eigenvalue weighted by Crippen LogP contribution is 2.28. The maximum atomic E-state index is 13.4. The van der Waals surface area contributed by atoms with Gasteiger partial charge in [-0.3, -0.25) is 0 Å². The fraction of sp³-hybridized carbons (Fsp3) is 0.0833. The molecule has 0 aliphatic heterocycles. The van der Waals surface area contributed by atoms with Crippen LogP contribution in [0.5, 0.6) is 5.75 Å². The highest BCUT2D eigenvalue weighted by atomic mass is 35.5. The summed E-state index contributed by atoms with van der Waals surface area (Å²) < 4.78 is 23.5. The Hall–Kier alpha value is -2.01. The van der Waals surface area contributed by atoms with Crippen molar-refractivity contribution in [2.75, 3.05) is 0 Å². The highest BCUT2D eigenvalue weighted by Gasteiger charge is 2.15. The number of aromatic carboxylic acids is 1. The maximum Gasteiger partial charge on any atom is 0.339 e. The second-order valence-electron chi connectivity index (χ2n) is 3.40. The van der Waals surface area contributed by atoms with E-state index < -0.39 is 11.8 Å². The van der Waals surface area contributed by atoms with E-state index in [9.17, 15) is 9.18 Å². The Labute approximate surface area is 107 Å². The Morgan fingerprint density at radius 1 is 1.44 bits per heavy atom. The van der Waals surface area contributed by atoms with E-state index in [0.29, 0.717) is 0 Å². The summed E-state index contributed by atoms with van der Waals surface area (Å²) in [6.07, 6.45) is 1.23. The van der Waals surface area contributed by atoms with Gasteiger partial charge in [0.05, 0.1) is 11.3 Å². The van der Waals surface area contributed by atoms with Gasteiger partial charge in [-0.25, -0.2) is 9.18 Å². The molecule has 0 atom stereocenters. The number of hydrogen-bond donors (Lipinski definition) is 1. The maximum absolute atomic E-state index is 13.4. The first-order valence-electron chi connectivity index (χ1n) is 4.96. The lowest BCUT2D eigenvalue weighted by Crippen LogP contribution is -2.03. The van der Waals surface area contributed by atoms with Crippen LogP contribution in [0.25, 0.3) is 0 Å². The van der Waals surface area contributed by atoms with Crippen LogP contribution < -0.4 is 4.74 Å². The summed E-state index contributed by atoms with van der Waals surface area (Å²) in [4.78, 5) is 10.8. The molecule has 0 unspecified atom stereocenters. The quantitative estimate of drug-likeness (QED) is 0.925. The van der Waals surface area contributed by atoms with Crippen molar-refractivity contribution in [1.82, 2.24) is 0 Å². The highest BCUT2D eigenvalue weighted by molar-refractivity contribution is 6.32. The monoisotopic (exact) mass is 270 g/mol. The number of hydrogen-bond acceptors (Lipinski definition) is 3. The van der Waals surface area contributed by atoms with E-state index in [4.69, 9.17) is 25.9 Å². The SMILES string of the molecule is O=C(O)c1ccoc1COc1c(F)cccc1Cl. The van der Waals surface area contributed by atoms with Gasteiger partial charge in [-0.05, 0) is 18.2 Å². The third-order valence-electron chi connectivity index (χ3n) is 2.24. The first-order valence-corrected chi connectivity index (χ1v) is 5.34. The fourth-order valence-corrected chi connectivity index (χ4v) is 1.62. The van der Waals surface area contributed by atoms with E-state index in [2.05, 4.69) is 0 Å². The van der Waals surface area contributed by atoms with Gasteiger partial charge in [0.15, 0.2) is 17.3 Å². The van der Waals surface area contributed by atoms with Crippen molar-refractivity contribution in [3.8, 4) is 5.75 Å². The minimum atomic E-state index is -1.14. The first kappa shape index (κ1) is 12.4. The average molecular weight is 271 g/mol. The molecule has 0 spiro atoms. The number of halogens is 2. The summed E-state index contributed by atoms with van der Waals surface area (Å²) in [5, 5.41) is 8.95. The summed E-state index contributed by atoms with van der Waals surface area (Å²) in [6.45, 7) is -0.213. The Kier molecular flexibility index (Phi) is 3.53. The molecule has 0 radical (unpaired) electrons. The van der Waals surface area contributed by atoms with E-state index in [1.807, 2.05) is 0 Å². The smallest absolute Gasteiger partial charge is 0.339 e. The van der Waals surface area contributed by atoms with Crippen LogP contribution in [0.2, 0.25) is 5.02 Å². The van der Waals surface area contributed by atoms with Gasteiger partial charge in [-0.15, -0.1) is 0 Å². The molecule has 4 nitrogen and oxygen atoms in total. The van der Waals surface area contributed by atoms with Crippen LogP contribution >= 0.6 is 11.6 Å². The normalized spacial score (nSPS) is 10.3. The molecule has 1 heterocycles. The van der Waals surface area contributed by atoms with E-state index in [1.165, 1.54) is 30.5 Å². The molecule has 1 aromatic carbocycles. The first-order chi connectivity index (χ1) is 8.59. The largest absolute Gasteiger partial charge is 0.481 e. The van der Waals surface area contributed by atoms with Crippen molar-refractivity contribution in [3.05, 3.63) is 52.7 Å². The summed E-state index contributed by atoms with van der Waals surface area (Å²) >= 11 is 5.76.